The largest absolute Gasteiger partial charge is 0.465 e. The van der Waals surface area contributed by atoms with Crippen LogP contribution in [0.1, 0.15) is 25.4 Å². The zero-order valence-corrected chi connectivity index (χ0v) is 16.3. The summed E-state index contributed by atoms with van der Waals surface area (Å²) in [7, 11) is 0. The third kappa shape index (κ3) is 5.19. The molecule has 0 saturated carbocycles. The molecular formula is C21H23N5O3. The second-order valence-corrected chi connectivity index (χ2v) is 6.84. The first-order valence-corrected chi connectivity index (χ1v) is 9.25. The number of carbonyl (C=O) groups is 2. The van der Waals surface area contributed by atoms with Crippen molar-refractivity contribution in [3.8, 4) is 0 Å². The molecule has 3 aromatic rings. The molecule has 8 heteroatoms. The molecule has 2 amide bonds. The minimum absolute atomic E-state index is 0.0175. The molecule has 8 nitrogen and oxygen atoms in total. The van der Waals surface area contributed by atoms with E-state index in [0.29, 0.717) is 22.9 Å². The van der Waals surface area contributed by atoms with Crippen molar-refractivity contribution in [2.24, 2.45) is 11.7 Å². The molecule has 4 N–H and O–H groups in total. The van der Waals surface area contributed by atoms with Crippen molar-refractivity contribution < 1.29 is 14.0 Å². The molecule has 0 saturated heterocycles. The predicted molar refractivity (Wildman–Crippen MR) is 111 cm³/mol. The average molecular weight is 393 g/mol. The molecule has 29 heavy (non-hydrogen) atoms. The Balaban J connectivity index is 1.79. The lowest BCUT2D eigenvalue weighted by Crippen LogP contribution is -2.40. The summed E-state index contributed by atoms with van der Waals surface area (Å²) < 4.78 is 5.15. The first-order chi connectivity index (χ1) is 13.9. The first-order valence-electron chi connectivity index (χ1n) is 9.25. The molecule has 0 radical (unpaired) electrons. The number of aromatic nitrogens is 2. The molecule has 1 atom stereocenters. The van der Waals surface area contributed by atoms with Gasteiger partial charge >= 0.3 is 0 Å². The number of benzene rings is 1. The molecule has 2 aromatic heterocycles. The quantitative estimate of drug-likeness (QED) is 0.505. The number of hydrogen-bond donors (Lipinski definition) is 3. The number of rotatable bonds is 8. The van der Waals surface area contributed by atoms with Gasteiger partial charge in [-0.3, -0.25) is 9.59 Å². The van der Waals surface area contributed by atoms with Crippen molar-refractivity contribution in [2.75, 3.05) is 5.32 Å². The molecule has 0 spiro atoms. The number of primary amides is 1. The second-order valence-electron chi connectivity index (χ2n) is 6.84. The molecule has 0 aliphatic rings. The van der Waals surface area contributed by atoms with Crippen LogP contribution in [0, 0.1) is 5.92 Å². The lowest BCUT2D eigenvalue weighted by Gasteiger charge is -2.21. The van der Waals surface area contributed by atoms with E-state index in [2.05, 4.69) is 20.6 Å². The van der Waals surface area contributed by atoms with Crippen LogP contribution in [0.25, 0.3) is 17.0 Å². The lowest BCUT2D eigenvalue weighted by atomic mass is 10.0. The highest BCUT2D eigenvalue weighted by molar-refractivity contribution is 5.92. The third-order valence-corrected chi connectivity index (χ3v) is 4.28. The van der Waals surface area contributed by atoms with Gasteiger partial charge in [-0.25, -0.2) is 9.97 Å². The monoisotopic (exact) mass is 393 g/mol. The van der Waals surface area contributed by atoms with Crippen LogP contribution in [0.5, 0.6) is 0 Å². The number of amides is 2. The van der Waals surface area contributed by atoms with Gasteiger partial charge in [0.2, 0.25) is 11.8 Å². The fraction of sp³-hybridized carbons (Fsp3) is 0.238. The van der Waals surface area contributed by atoms with Crippen LogP contribution in [0.2, 0.25) is 0 Å². The average Bonchev–Trinajstić information content (AvgIpc) is 3.21. The number of furan rings is 1. The van der Waals surface area contributed by atoms with E-state index >= 15 is 0 Å². The Labute approximate surface area is 168 Å². The van der Waals surface area contributed by atoms with Crippen molar-refractivity contribution in [1.29, 1.82) is 0 Å². The maximum absolute atomic E-state index is 12.0. The zero-order chi connectivity index (χ0) is 20.8. The summed E-state index contributed by atoms with van der Waals surface area (Å²) in [5.74, 6) is 0.725. The van der Waals surface area contributed by atoms with Crippen LogP contribution >= 0.6 is 0 Å². The minimum atomic E-state index is -0.577. The standard InChI is InChI=1S/C21H23N5O3/c1-13(2)19(20(22)28)26-21-15-7-3-4-8-16(15)24-17(25-21)12-23-18(27)10-9-14-6-5-11-29-14/h3-11,13,19H,12H2,1-2H3,(H2,22,28)(H,23,27)(H,24,25,26)/b10-9+/t19-/m0/s1. The van der Waals surface area contributed by atoms with E-state index in [-0.39, 0.29) is 18.4 Å². The van der Waals surface area contributed by atoms with E-state index < -0.39 is 11.9 Å². The molecule has 2 heterocycles. The number of nitrogens with zero attached hydrogens (tertiary/aromatic N) is 2. The Morgan fingerprint density at radius 3 is 2.66 bits per heavy atom. The number of hydrogen-bond acceptors (Lipinski definition) is 6. The summed E-state index contributed by atoms with van der Waals surface area (Å²) in [4.78, 5) is 32.8. The van der Waals surface area contributed by atoms with Gasteiger partial charge in [0, 0.05) is 11.5 Å². The molecule has 0 aliphatic heterocycles. The third-order valence-electron chi connectivity index (χ3n) is 4.28. The Morgan fingerprint density at radius 1 is 1.17 bits per heavy atom. The van der Waals surface area contributed by atoms with Gasteiger partial charge in [0.1, 0.15) is 17.6 Å². The van der Waals surface area contributed by atoms with E-state index in [9.17, 15) is 9.59 Å². The Kier molecular flexibility index (Phi) is 6.23. The number of fused-ring (bicyclic) bond motifs is 1. The number of anilines is 1. The van der Waals surface area contributed by atoms with Gasteiger partial charge in [0.05, 0.1) is 18.3 Å². The van der Waals surface area contributed by atoms with Crippen LogP contribution in [0.3, 0.4) is 0 Å². The number of carbonyl (C=O) groups excluding carboxylic acids is 2. The fourth-order valence-electron chi connectivity index (χ4n) is 2.80. The highest BCUT2D eigenvalue weighted by atomic mass is 16.3. The van der Waals surface area contributed by atoms with Crippen molar-refractivity contribution in [3.63, 3.8) is 0 Å². The summed E-state index contributed by atoms with van der Waals surface area (Å²) in [6, 6.07) is 10.4. The highest BCUT2D eigenvalue weighted by Gasteiger charge is 2.21. The molecule has 1 aromatic carbocycles. The van der Waals surface area contributed by atoms with Gasteiger partial charge in [-0.15, -0.1) is 0 Å². The number of nitrogens with two attached hydrogens (primary N) is 1. The van der Waals surface area contributed by atoms with E-state index in [4.69, 9.17) is 10.2 Å². The summed E-state index contributed by atoms with van der Waals surface area (Å²) in [5, 5.41) is 6.64. The molecule has 0 aliphatic carbocycles. The molecule has 0 bridgehead atoms. The van der Waals surface area contributed by atoms with Crippen LogP contribution in [-0.2, 0) is 16.1 Å². The van der Waals surface area contributed by atoms with Crippen LogP contribution in [0.15, 0.2) is 53.2 Å². The fourth-order valence-corrected chi connectivity index (χ4v) is 2.80. The normalized spacial score (nSPS) is 12.4. The van der Waals surface area contributed by atoms with Crippen LogP contribution < -0.4 is 16.4 Å². The molecule has 3 rings (SSSR count). The van der Waals surface area contributed by atoms with Gasteiger partial charge < -0.3 is 20.8 Å². The molecule has 150 valence electrons. The van der Waals surface area contributed by atoms with Gasteiger partial charge in [-0.2, -0.15) is 0 Å². The molecule has 0 fully saturated rings. The smallest absolute Gasteiger partial charge is 0.244 e. The Hall–Kier alpha value is -3.68. The van der Waals surface area contributed by atoms with Crippen molar-refractivity contribution in [3.05, 3.63) is 60.3 Å². The van der Waals surface area contributed by atoms with E-state index in [0.717, 1.165) is 5.39 Å². The SMILES string of the molecule is CC(C)[C@H](Nc1nc(CNC(=O)/C=C/c2ccco2)nc2ccccc12)C(N)=O. The Bertz CT molecular complexity index is 1030. The molecule has 0 unspecified atom stereocenters. The zero-order valence-electron chi connectivity index (χ0n) is 16.3. The van der Waals surface area contributed by atoms with Crippen LogP contribution in [0.4, 0.5) is 5.82 Å². The van der Waals surface area contributed by atoms with Crippen molar-refractivity contribution in [1.82, 2.24) is 15.3 Å². The summed E-state index contributed by atoms with van der Waals surface area (Å²) in [5.41, 5.74) is 6.22. The molecular weight excluding hydrogens is 370 g/mol. The summed E-state index contributed by atoms with van der Waals surface area (Å²) in [6.07, 6.45) is 4.48. The number of nitrogens with one attached hydrogen (secondary N) is 2. The maximum atomic E-state index is 12.0. The highest BCUT2D eigenvalue weighted by Crippen LogP contribution is 2.22. The van der Waals surface area contributed by atoms with Gasteiger partial charge in [-0.1, -0.05) is 26.0 Å². The second kappa shape index (κ2) is 9.01. The van der Waals surface area contributed by atoms with Gasteiger partial charge in [0.15, 0.2) is 5.82 Å². The van der Waals surface area contributed by atoms with E-state index in [1.54, 1.807) is 18.2 Å². The Morgan fingerprint density at radius 2 is 1.97 bits per heavy atom. The van der Waals surface area contributed by atoms with E-state index in [1.165, 1.54) is 12.3 Å². The first kappa shape index (κ1) is 20.1. The van der Waals surface area contributed by atoms with Gasteiger partial charge in [0.25, 0.3) is 0 Å². The van der Waals surface area contributed by atoms with E-state index in [1.807, 2.05) is 38.1 Å². The topological polar surface area (TPSA) is 123 Å². The van der Waals surface area contributed by atoms with Crippen molar-refractivity contribution >= 4 is 34.6 Å². The minimum Gasteiger partial charge on any atom is -0.465 e. The van der Waals surface area contributed by atoms with Crippen molar-refractivity contribution in [2.45, 2.75) is 26.4 Å². The summed E-state index contributed by atoms with van der Waals surface area (Å²) in [6.45, 7) is 3.93. The number of para-hydroxylation sites is 1. The van der Waals surface area contributed by atoms with Crippen LogP contribution in [-0.4, -0.2) is 27.8 Å². The maximum Gasteiger partial charge on any atom is 0.244 e. The predicted octanol–water partition coefficient (Wildman–Crippen LogP) is 2.47. The summed E-state index contributed by atoms with van der Waals surface area (Å²) >= 11 is 0. The van der Waals surface area contributed by atoms with Gasteiger partial charge in [-0.05, 0) is 36.3 Å². The lowest BCUT2D eigenvalue weighted by molar-refractivity contribution is -0.119.